The van der Waals surface area contributed by atoms with Crippen LogP contribution in [0.1, 0.15) is 55.8 Å². The van der Waals surface area contributed by atoms with E-state index in [0.29, 0.717) is 0 Å². The molecule has 1 saturated carbocycles. The molecular weight excluding hydrogens is 352 g/mol. The van der Waals surface area contributed by atoms with Crippen molar-refractivity contribution in [2.45, 2.75) is 62.5 Å². The lowest BCUT2D eigenvalue weighted by molar-refractivity contribution is 0.00772. The number of likely N-dealkylation sites (tertiary alicyclic amines) is 1. The lowest BCUT2D eigenvalue weighted by atomic mass is 10.1. The summed E-state index contributed by atoms with van der Waals surface area (Å²) in [6.07, 6.45) is 5.57. The van der Waals surface area contributed by atoms with Crippen LogP contribution < -0.4 is 4.72 Å². The highest BCUT2D eigenvalue weighted by atomic mass is 32.2. The highest BCUT2D eigenvalue weighted by Crippen LogP contribution is 2.21. The number of carbonyl (C=O) groups excluding carboxylic acids is 1. The summed E-state index contributed by atoms with van der Waals surface area (Å²) in [4.78, 5) is 14.9. The molecule has 26 heavy (non-hydrogen) atoms. The minimum Gasteiger partial charge on any atom is -0.457 e. The smallest absolute Gasteiger partial charge is 0.338 e. The molecule has 2 fully saturated rings. The Bertz CT molecular complexity index is 729. The normalized spacial score (nSPS) is 22.4. The molecule has 144 valence electrons. The van der Waals surface area contributed by atoms with E-state index in [4.69, 9.17) is 4.74 Å². The van der Waals surface area contributed by atoms with Gasteiger partial charge in [-0.05, 0) is 57.0 Å². The van der Waals surface area contributed by atoms with Crippen molar-refractivity contribution in [2.75, 3.05) is 19.6 Å². The molecule has 0 amide bonds. The van der Waals surface area contributed by atoms with E-state index < -0.39 is 16.0 Å². The third-order valence-electron chi connectivity index (χ3n) is 5.24. The molecule has 1 N–H and O–H groups in total. The minimum absolute atomic E-state index is 0.00197. The van der Waals surface area contributed by atoms with Gasteiger partial charge in [-0.15, -0.1) is 0 Å². The fraction of sp³-hybridized carbons (Fsp3) is 0.632. The second kappa shape index (κ2) is 8.50. The number of hydrogen-bond acceptors (Lipinski definition) is 5. The number of likely N-dealkylation sites (N-methyl/N-ethyl adjacent to an activating group) is 1. The van der Waals surface area contributed by atoms with Crippen LogP contribution >= 0.6 is 0 Å². The van der Waals surface area contributed by atoms with Gasteiger partial charge in [0, 0.05) is 12.6 Å². The molecule has 1 aliphatic heterocycles. The van der Waals surface area contributed by atoms with Crippen molar-refractivity contribution in [1.82, 2.24) is 9.62 Å². The standard InChI is InChI=1S/C19H28N2O4S/c1-2-21-12-6-10-17(14-21)25-19(22)15-7-5-11-18(13-15)26(23,24)20-16-8-3-4-9-16/h5,7,11,13,16-17,20H,2-4,6,8-10,12,14H2,1H3. The number of hydrogen-bond donors (Lipinski definition) is 1. The van der Waals surface area contributed by atoms with Crippen LogP contribution in [0.3, 0.4) is 0 Å². The van der Waals surface area contributed by atoms with Crippen LogP contribution in [0.5, 0.6) is 0 Å². The molecule has 1 aromatic carbocycles. The van der Waals surface area contributed by atoms with Gasteiger partial charge in [-0.1, -0.05) is 25.8 Å². The second-order valence-corrected chi connectivity index (χ2v) is 8.91. The monoisotopic (exact) mass is 380 g/mol. The van der Waals surface area contributed by atoms with E-state index in [1.807, 2.05) is 0 Å². The first-order chi connectivity index (χ1) is 12.5. The van der Waals surface area contributed by atoms with Crippen LogP contribution in [-0.4, -0.2) is 51.1 Å². The Balaban J connectivity index is 1.67. The molecule has 0 bridgehead atoms. The molecule has 3 rings (SSSR count). The summed E-state index contributed by atoms with van der Waals surface area (Å²) in [5.41, 5.74) is 0.285. The SMILES string of the molecule is CCN1CCCC(OC(=O)c2cccc(S(=O)(=O)NC3CCCC3)c2)C1. The number of sulfonamides is 1. The fourth-order valence-electron chi connectivity index (χ4n) is 3.74. The summed E-state index contributed by atoms with van der Waals surface area (Å²) in [5.74, 6) is -0.453. The predicted molar refractivity (Wildman–Crippen MR) is 99.6 cm³/mol. The Labute approximate surface area is 156 Å². The van der Waals surface area contributed by atoms with E-state index in [-0.39, 0.29) is 22.6 Å². The Kier molecular flexibility index (Phi) is 6.32. The molecule has 1 unspecified atom stereocenters. The molecule has 2 aliphatic rings. The van der Waals surface area contributed by atoms with Gasteiger partial charge in [0.1, 0.15) is 6.10 Å². The molecule has 1 aromatic rings. The van der Waals surface area contributed by atoms with Gasteiger partial charge in [0.15, 0.2) is 0 Å². The Morgan fingerprint density at radius 1 is 1.23 bits per heavy atom. The van der Waals surface area contributed by atoms with Crippen molar-refractivity contribution < 1.29 is 17.9 Å². The molecule has 1 saturated heterocycles. The van der Waals surface area contributed by atoms with Gasteiger partial charge < -0.3 is 4.74 Å². The van der Waals surface area contributed by atoms with E-state index in [2.05, 4.69) is 16.5 Å². The summed E-state index contributed by atoms with van der Waals surface area (Å²) >= 11 is 0. The quantitative estimate of drug-likeness (QED) is 0.768. The van der Waals surface area contributed by atoms with Gasteiger partial charge in [-0.2, -0.15) is 0 Å². The van der Waals surface area contributed by atoms with Crippen molar-refractivity contribution in [3.63, 3.8) is 0 Å². The molecule has 7 heteroatoms. The summed E-state index contributed by atoms with van der Waals surface area (Å²) in [5, 5.41) is 0. The number of benzene rings is 1. The fourth-order valence-corrected chi connectivity index (χ4v) is 5.09. The molecule has 1 atom stereocenters. The number of nitrogens with zero attached hydrogens (tertiary/aromatic N) is 1. The maximum absolute atomic E-state index is 12.6. The third-order valence-corrected chi connectivity index (χ3v) is 6.76. The molecule has 6 nitrogen and oxygen atoms in total. The average molecular weight is 381 g/mol. The van der Waals surface area contributed by atoms with Crippen LogP contribution in [0.2, 0.25) is 0 Å². The predicted octanol–water partition coefficient (Wildman–Crippen LogP) is 2.55. The molecule has 1 heterocycles. The van der Waals surface area contributed by atoms with E-state index in [1.54, 1.807) is 12.1 Å². The van der Waals surface area contributed by atoms with Crippen molar-refractivity contribution in [3.8, 4) is 0 Å². The zero-order valence-electron chi connectivity index (χ0n) is 15.3. The summed E-state index contributed by atoms with van der Waals surface area (Å²) in [6, 6.07) is 6.14. The van der Waals surface area contributed by atoms with Crippen molar-refractivity contribution in [1.29, 1.82) is 0 Å². The Morgan fingerprint density at radius 2 is 2.00 bits per heavy atom. The van der Waals surface area contributed by atoms with E-state index >= 15 is 0 Å². The number of nitrogens with one attached hydrogen (secondary N) is 1. The van der Waals surface area contributed by atoms with Crippen LogP contribution in [-0.2, 0) is 14.8 Å². The van der Waals surface area contributed by atoms with Gasteiger partial charge in [-0.3, -0.25) is 4.90 Å². The number of rotatable bonds is 6. The van der Waals surface area contributed by atoms with Gasteiger partial charge >= 0.3 is 5.97 Å². The van der Waals surface area contributed by atoms with Crippen molar-refractivity contribution in [3.05, 3.63) is 29.8 Å². The number of piperidine rings is 1. The van der Waals surface area contributed by atoms with Gasteiger partial charge in [0.25, 0.3) is 0 Å². The Morgan fingerprint density at radius 3 is 2.73 bits per heavy atom. The summed E-state index contributed by atoms with van der Waals surface area (Å²) in [7, 11) is -3.61. The zero-order valence-corrected chi connectivity index (χ0v) is 16.1. The van der Waals surface area contributed by atoms with Crippen LogP contribution in [0.4, 0.5) is 0 Å². The van der Waals surface area contributed by atoms with Crippen molar-refractivity contribution in [2.24, 2.45) is 0 Å². The molecule has 1 aliphatic carbocycles. The zero-order chi connectivity index (χ0) is 18.6. The molecule has 0 radical (unpaired) electrons. The van der Waals surface area contributed by atoms with Crippen LogP contribution in [0.15, 0.2) is 29.2 Å². The van der Waals surface area contributed by atoms with Gasteiger partial charge in [0.2, 0.25) is 10.0 Å². The molecule has 0 spiro atoms. The average Bonchev–Trinajstić information content (AvgIpc) is 3.14. The molecular formula is C19H28N2O4S. The lowest BCUT2D eigenvalue weighted by Gasteiger charge is -2.31. The maximum Gasteiger partial charge on any atom is 0.338 e. The Hall–Kier alpha value is -1.44. The first-order valence-electron chi connectivity index (χ1n) is 9.53. The lowest BCUT2D eigenvalue weighted by Crippen LogP contribution is -2.40. The van der Waals surface area contributed by atoms with E-state index in [0.717, 1.165) is 58.2 Å². The van der Waals surface area contributed by atoms with Crippen LogP contribution in [0, 0.1) is 0 Å². The number of esters is 1. The van der Waals surface area contributed by atoms with E-state index in [1.165, 1.54) is 12.1 Å². The number of carbonyl (C=O) groups is 1. The second-order valence-electron chi connectivity index (χ2n) is 7.19. The topological polar surface area (TPSA) is 75.7 Å². The first-order valence-corrected chi connectivity index (χ1v) is 11.0. The van der Waals surface area contributed by atoms with Crippen LogP contribution in [0.25, 0.3) is 0 Å². The highest BCUT2D eigenvalue weighted by Gasteiger charge is 2.25. The number of ether oxygens (including phenoxy) is 1. The van der Waals surface area contributed by atoms with Crippen molar-refractivity contribution >= 4 is 16.0 Å². The maximum atomic E-state index is 12.6. The largest absolute Gasteiger partial charge is 0.457 e. The minimum atomic E-state index is -3.61. The first kappa shape index (κ1) is 19.3. The summed E-state index contributed by atoms with van der Waals surface area (Å²) in [6.45, 7) is 4.80. The van der Waals surface area contributed by atoms with Gasteiger partial charge in [0.05, 0.1) is 10.5 Å². The van der Waals surface area contributed by atoms with Gasteiger partial charge in [-0.25, -0.2) is 17.9 Å². The summed E-state index contributed by atoms with van der Waals surface area (Å²) < 4.78 is 33.5. The highest BCUT2D eigenvalue weighted by molar-refractivity contribution is 7.89. The van der Waals surface area contributed by atoms with E-state index in [9.17, 15) is 13.2 Å². The molecule has 0 aromatic heterocycles. The third kappa shape index (κ3) is 4.84.